The highest BCUT2D eigenvalue weighted by atomic mass is 32.2. The second kappa shape index (κ2) is 4.03. The van der Waals surface area contributed by atoms with Gasteiger partial charge in [0.1, 0.15) is 11.1 Å². The van der Waals surface area contributed by atoms with E-state index in [-0.39, 0.29) is 0 Å². The van der Waals surface area contributed by atoms with E-state index < -0.39 is 38.2 Å². The van der Waals surface area contributed by atoms with Gasteiger partial charge in [0.2, 0.25) is 0 Å². The van der Waals surface area contributed by atoms with Crippen molar-refractivity contribution in [2.45, 2.75) is 11.2 Å². The lowest BCUT2D eigenvalue weighted by Gasteiger charge is -2.01. The van der Waals surface area contributed by atoms with Crippen LogP contribution in [-0.4, -0.2) is 31.0 Å². The SMILES string of the molecule is CS(=O)(=O)[C@@H]1[C@H](c2ccc(F)cc2)[C@@]1(C#N)C(=O)O. The van der Waals surface area contributed by atoms with Crippen molar-refractivity contribution in [3.8, 4) is 6.07 Å². The molecule has 5 nitrogen and oxygen atoms in total. The summed E-state index contributed by atoms with van der Waals surface area (Å²) in [6, 6.07) is 6.43. The number of nitrogens with zero attached hydrogens (tertiary/aromatic N) is 1. The van der Waals surface area contributed by atoms with Crippen molar-refractivity contribution < 1.29 is 22.7 Å². The van der Waals surface area contributed by atoms with E-state index in [9.17, 15) is 17.6 Å². The zero-order valence-corrected chi connectivity index (χ0v) is 10.7. The Labute approximate surface area is 109 Å². The summed E-state index contributed by atoms with van der Waals surface area (Å²) >= 11 is 0. The number of sulfone groups is 1. The maximum Gasteiger partial charge on any atom is 0.326 e. The van der Waals surface area contributed by atoms with E-state index in [4.69, 9.17) is 10.4 Å². The average Bonchev–Trinajstić information content (AvgIpc) is 3.00. The van der Waals surface area contributed by atoms with Crippen molar-refractivity contribution in [2.24, 2.45) is 5.41 Å². The number of carbonyl (C=O) groups is 1. The molecule has 100 valence electrons. The molecule has 7 heteroatoms. The quantitative estimate of drug-likeness (QED) is 0.890. The highest BCUT2D eigenvalue weighted by Crippen LogP contribution is 2.62. The molecule has 1 N–H and O–H groups in total. The van der Waals surface area contributed by atoms with Gasteiger partial charge in [-0.25, -0.2) is 12.8 Å². The Morgan fingerprint density at radius 1 is 1.42 bits per heavy atom. The molecule has 2 rings (SSSR count). The molecule has 1 fully saturated rings. The van der Waals surface area contributed by atoms with Crippen LogP contribution in [0, 0.1) is 22.6 Å². The molecule has 0 radical (unpaired) electrons. The summed E-state index contributed by atoms with van der Waals surface area (Å²) < 4.78 is 36.1. The predicted molar refractivity (Wildman–Crippen MR) is 63.5 cm³/mol. The zero-order chi connectivity index (χ0) is 14.4. The molecule has 19 heavy (non-hydrogen) atoms. The second-order valence-electron chi connectivity index (χ2n) is 4.57. The molecule has 0 spiro atoms. The monoisotopic (exact) mass is 283 g/mol. The minimum absolute atomic E-state index is 0.334. The van der Waals surface area contributed by atoms with E-state index in [1.807, 2.05) is 0 Å². The van der Waals surface area contributed by atoms with Crippen LogP contribution in [0.15, 0.2) is 24.3 Å². The molecule has 3 atom stereocenters. The number of aliphatic carboxylic acids is 1. The zero-order valence-electron chi connectivity index (χ0n) is 9.87. The maximum absolute atomic E-state index is 12.8. The number of carboxylic acid groups (broad SMARTS) is 1. The first-order chi connectivity index (χ1) is 8.75. The summed E-state index contributed by atoms with van der Waals surface area (Å²) in [5.41, 5.74) is -1.65. The first-order valence-electron chi connectivity index (χ1n) is 5.34. The van der Waals surface area contributed by atoms with Crippen molar-refractivity contribution in [2.75, 3.05) is 6.26 Å². The molecule has 0 heterocycles. The lowest BCUT2D eigenvalue weighted by Crippen LogP contribution is -2.21. The summed E-state index contributed by atoms with van der Waals surface area (Å²) in [5, 5.41) is 16.9. The van der Waals surface area contributed by atoms with Crippen LogP contribution in [-0.2, 0) is 14.6 Å². The summed E-state index contributed by atoms with van der Waals surface area (Å²) in [5.74, 6) is -2.96. The van der Waals surface area contributed by atoms with Crippen LogP contribution in [0.3, 0.4) is 0 Å². The van der Waals surface area contributed by atoms with Gasteiger partial charge in [0.05, 0.1) is 6.07 Å². The van der Waals surface area contributed by atoms with Gasteiger partial charge in [-0.15, -0.1) is 0 Å². The van der Waals surface area contributed by atoms with Gasteiger partial charge in [0.15, 0.2) is 15.3 Å². The van der Waals surface area contributed by atoms with E-state index >= 15 is 0 Å². The van der Waals surface area contributed by atoms with Gasteiger partial charge in [-0.2, -0.15) is 5.26 Å². The molecule has 1 aliphatic rings. The lowest BCUT2D eigenvalue weighted by atomic mass is 10.0. The van der Waals surface area contributed by atoms with Crippen LogP contribution in [0.25, 0.3) is 0 Å². The predicted octanol–water partition coefficient (Wildman–Crippen LogP) is 0.931. The van der Waals surface area contributed by atoms with E-state index in [2.05, 4.69) is 0 Å². The molecule has 0 bridgehead atoms. The van der Waals surface area contributed by atoms with Crippen LogP contribution in [0.2, 0.25) is 0 Å². The molecule has 1 aromatic carbocycles. The van der Waals surface area contributed by atoms with Crippen LogP contribution in [0.1, 0.15) is 11.5 Å². The van der Waals surface area contributed by atoms with Crippen LogP contribution >= 0.6 is 0 Å². The number of benzene rings is 1. The number of hydrogen-bond donors (Lipinski definition) is 1. The molecule has 1 saturated carbocycles. The first kappa shape index (κ1) is 13.5. The number of carboxylic acids is 1. The van der Waals surface area contributed by atoms with E-state index in [0.29, 0.717) is 5.56 Å². The Morgan fingerprint density at radius 3 is 2.26 bits per heavy atom. The maximum atomic E-state index is 12.8. The van der Waals surface area contributed by atoms with Crippen LogP contribution in [0.5, 0.6) is 0 Å². The number of nitriles is 1. The van der Waals surface area contributed by atoms with Gasteiger partial charge in [-0.3, -0.25) is 4.79 Å². The fourth-order valence-electron chi connectivity index (χ4n) is 2.48. The molecule has 0 unspecified atom stereocenters. The van der Waals surface area contributed by atoms with Crippen molar-refractivity contribution in [1.82, 2.24) is 0 Å². The molecule has 1 aliphatic carbocycles. The summed E-state index contributed by atoms with van der Waals surface area (Å²) in [7, 11) is -3.70. The van der Waals surface area contributed by atoms with Gasteiger partial charge >= 0.3 is 5.97 Å². The molecular weight excluding hydrogens is 273 g/mol. The van der Waals surface area contributed by atoms with E-state index in [1.54, 1.807) is 6.07 Å². The van der Waals surface area contributed by atoms with Crippen molar-refractivity contribution in [3.05, 3.63) is 35.6 Å². The van der Waals surface area contributed by atoms with Gasteiger partial charge < -0.3 is 5.11 Å². The largest absolute Gasteiger partial charge is 0.480 e. The van der Waals surface area contributed by atoms with Crippen molar-refractivity contribution >= 4 is 15.8 Å². The summed E-state index contributed by atoms with van der Waals surface area (Å²) in [6.07, 6.45) is 0.899. The Bertz CT molecular complexity index is 677. The fourth-order valence-corrected chi connectivity index (χ4v) is 4.25. The topological polar surface area (TPSA) is 95.2 Å². The van der Waals surface area contributed by atoms with Crippen molar-refractivity contribution in [3.63, 3.8) is 0 Å². The normalized spacial score (nSPS) is 29.5. The minimum atomic E-state index is -3.70. The summed E-state index contributed by atoms with van der Waals surface area (Å²) in [4.78, 5) is 11.3. The number of rotatable bonds is 3. The third-order valence-corrected chi connectivity index (χ3v) is 4.93. The molecule has 0 saturated heterocycles. The Morgan fingerprint density at radius 2 is 1.95 bits per heavy atom. The Balaban J connectivity index is 2.54. The number of halogens is 1. The fraction of sp³-hybridized carbons (Fsp3) is 0.333. The lowest BCUT2D eigenvalue weighted by molar-refractivity contribution is -0.141. The Hall–Kier alpha value is -1.94. The van der Waals surface area contributed by atoms with E-state index in [1.165, 1.54) is 12.1 Å². The molecule has 0 aliphatic heterocycles. The first-order valence-corrected chi connectivity index (χ1v) is 7.29. The van der Waals surface area contributed by atoms with Crippen molar-refractivity contribution in [1.29, 1.82) is 5.26 Å². The van der Waals surface area contributed by atoms with E-state index in [0.717, 1.165) is 18.4 Å². The standard InChI is InChI=1S/C12H10FNO4S/c1-19(17,18)10-9(12(10,6-14)11(15)16)7-2-4-8(13)5-3-7/h2-5,9-10H,1H3,(H,15,16)/t9-,10+,12+/m0/s1. The number of hydrogen-bond acceptors (Lipinski definition) is 4. The van der Waals surface area contributed by atoms with Gasteiger partial charge in [-0.05, 0) is 17.7 Å². The minimum Gasteiger partial charge on any atom is -0.480 e. The second-order valence-corrected chi connectivity index (χ2v) is 6.73. The van der Waals surface area contributed by atoms with Crippen LogP contribution in [0.4, 0.5) is 4.39 Å². The third kappa shape index (κ3) is 1.88. The van der Waals surface area contributed by atoms with Gasteiger partial charge in [-0.1, -0.05) is 12.1 Å². The average molecular weight is 283 g/mol. The summed E-state index contributed by atoms with van der Waals surface area (Å²) in [6.45, 7) is 0. The van der Waals surface area contributed by atoms with Gasteiger partial charge in [0, 0.05) is 12.2 Å². The van der Waals surface area contributed by atoms with Crippen LogP contribution < -0.4 is 0 Å². The molecule has 0 aromatic heterocycles. The molecule has 0 amide bonds. The molecule has 1 aromatic rings. The Kier molecular flexibility index (Phi) is 2.86. The highest BCUT2D eigenvalue weighted by Gasteiger charge is 2.76. The molecular formula is C12H10FNO4S. The van der Waals surface area contributed by atoms with Gasteiger partial charge in [0.25, 0.3) is 0 Å². The third-order valence-electron chi connectivity index (χ3n) is 3.36. The smallest absolute Gasteiger partial charge is 0.326 e. The highest BCUT2D eigenvalue weighted by molar-refractivity contribution is 7.91.